The van der Waals surface area contributed by atoms with Gasteiger partial charge in [0.1, 0.15) is 18.0 Å². The first-order chi connectivity index (χ1) is 16.2. The largest absolute Gasteiger partial charge is 0.486 e. The van der Waals surface area contributed by atoms with Crippen LogP contribution in [0.4, 0.5) is 14.9 Å². The molecule has 1 N–H and O–H groups in total. The van der Waals surface area contributed by atoms with Crippen molar-refractivity contribution in [2.75, 3.05) is 4.90 Å². The Morgan fingerprint density at radius 1 is 0.912 bits per heavy atom. The summed E-state index contributed by atoms with van der Waals surface area (Å²) >= 11 is 18.5. The van der Waals surface area contributed by atoms with Crippen molar-refractivity contribution < 1.29 is 23.5 Å². The van der Waals surface area contributed by atoms with Gasteiger partial charge in [0.25, 0.3) is 11.8 Å². The molecule has 3 aromatic rings. The van der Waals surface area contributed by atoms with Gasteiger partial charge in [0.05, 0.1) is 15.7 Å². The number of anilines is 1. The van der Waals surface area contributed by atoms with E-state index in [-0.39, 0.29) is 39.5 Å². The first kappa shape index (κ1) is 23.8. The maximum atomic E-state index is 13.1. The minimum absolute atomic E-state index is 0.0964. The van der Waals surface area contributed by atoms with E-state index in [1.807, 2.05) is 0 Å². The number of hydrogen-bond donors (Lipinski definition) is 1. The van der Waals surface area contributed by atoms with E-state index in [1.165, 1.54) is 54.6 Å². The van der Waals surface area contributed by atoms with E-state index in [0.717, 1.165) is 4.90 Å². The summed E-state index contributed by atoms with van der Waals surface area (Å²) in [5, 5.41) is 2.83. The van der Waals surface area contributed by atoms with Crippen LogP contribution in [0.2, 0.25) is 15.1 Å². The van der Waals surface area contributed by atoms with E-state index in [0.29, 0.717) is 16.1 Å². The highest BCUT2D eigenvalue weighted by Gasteiger charge is 2.36. The van der Waals surface area contributed by atoms with Crippen molar-refractivity contribution in [1.82, 2.24) is 5.32 Å². The normalized spacial score (nSPS) is 15.0. The van der Waals surface area contributed by atoms with Gasteiger partial charge in [0.2, 0.25) is 0 Å². The maximum Gasteiger partial charge on any atom is 0.335 e. The van der Waals surface area contributed by atoms with Crippen LogP contribution in [0.1, 0.15) is 11.1 Å². The molecule has 6 nitrogen and oxygen atoms in total. The summed E-state index contributed by atoms with van der Waals surface area (Å²) in [7, 11) is 0. The standard InChI is InChI=1S/C24H14Cl3FN2O4/c25-15-3-7-17(8-4-15)30-23(32)18(22(31)29-24(30)33)9-14-10-19(26)21(20(27)11-14)34-12-13-1-5-16(28)6-2-13/h1-11H,12H2,(H,29,31,33)/b18-9+. The van der Waals surface area contributed by atoms with E-state index >= 15 is 0 Å². The maximum absolute atomic E-state index is 13.1. The van der Waals surface area contributed by atoms with Gasteiger partial charge in [-0.1, -0.05) is 46.9 Å². The highest BCUT2D eigenvalue weighted by Crippen LogP contribution is 2.36. The van der Waals surface area contributed by atoms with Crippen LogP contribution in [-0.2, 0) is 16.2 Å². The molecular weight excluding hydrogens is 506 g/mol. The summed E-state index contributed by atoms with van der Waals surface area (Å²) in [6.07, 6.45) is 1.27. The van der Waals surface area contributed by atoms with Crippen LogP contribution >= 0.6 is 34.8 Å². The van der Waals surface area contributed by atoms with Crippen molar-refractivity contribution >= 4 is 64.4 Å². The second-order valence-electron chi connectivity index (χ2n) is 7.16. The Bertz CT molecular complexity index is 1300. The van der Waals surface area contributed by atoms with Gasteiger partial charge in [-0.2, -0.15) is 0 Å². The van der Waals surface area contributed by atoms with Crippen LogP contribution in [-0.4, -0.2) is 17.8 Å². The van der Waals surface area contributed by atoms with Crippen molar-refractivity contribution in [3.8, 4) is 5.75 Å². The fourth-order valence-corrected chi connectivity index (χ4v) is 3.92. The Morgan fingerprint density at radius 3 is 2.15 bits per heavy atom. The second kappa shape index (κ2) is 9.85. The predicted molar refractivity (Wildman–Crippen MR) is 128 cm³/mol. The number of rotatable bonds is 5. The topological polar surface area (TPSA) is 75.7 Å². The summed E-state index contributed by atoms with van der Waals surface area (Å²) < 4.78 is 18.7. The zero-order chi connectivity index (χ0) is 24.4. The van der Waals surface area contributed by atoms with Crippen molar-refractivity contribution in [3.63, 3.8) is 0 Å². The average Bonchev–Trinajstić information content (AvgIpc) is 2.78. The Balaban J connectivity index is 1.60. The molecule has 0 aliphatic carbocycles. The van der Waals surface area contributed by atoms with E-state index in [4.69, 9.17) is 39.5 Å². The number of carbonyl (C=O) groups is 3. The van der Waals surface area contributed by atoms with Crippen LogP contribution in [0, 0.1) is 5.82 Å². The van der Waals surface area contributed by atoms with E-state index < -0.39 is 17.8 Å². The van der Waals surface area contributed by atoms with Crippen molar-refractivity contribution in [1.29, 1.82) is 0 Å². The molecule has 0 saturated carbocycles. The van der Waals surface area contributed by atoms with Gasteiger partial charge in [-0.25, -0.2) is 14.1 Å². The van der Waals surface area contributed by atoms with Crippen LogP contribution in [0.5, 0.6) is 5.75 Å². The molecule has 34 heavy (non-hydrogen) atoms. The third-order valence-electron chi connectivity index (χ3n) is 4.81. The highest BCUT2D eigenvalue weighted by molar-refractivity contribution is 6.40. The molecule has 0 aromatic heterocycles. The average molecular weight is 520 g/mol. The molecule has 4 rings (SSSR count). The molecule has 4 amide bonds. The zero-order valence-electron chi connectivity index (χ0n) is 17.2. The minimum Gasteiger partial charge on any atom is -0.486 e. The lowest BCUT2D eigenvalue weighted by atomic mass is 10.1. The van der Waals surface area contributed by atoms with Crippen molar-refractivity contribution in [3.05, 3.63) is 98.2 Å². The Labute approximate surface area is 208 Å². The third-order valence-corrected chi connectivity index (χ3v) is 5.63. The number of nitrogens with zero attached hydrogens (tertiary/aromatic N) is 1. The van der Waals surface area contributed by atoms with E-state index in [1.54, 1.807) is 12.1 Å². The van der Waals surface area contributed by atoms with Gasteiger partial charge in [0, 0.05) is 5.02 Å². The molecule has 0 bridgehead atoms. The number of halogens is 4. The van der Waals surface area contributed by atoms with Gasteiger partial charge < -0.3 is 4.74 Å². The first-order valence-corrected chi connectivity index (χ1v) is 10.9. The molecule has 1 heterocycles. The van der Waals surface area contributed by atoms with Gasteiger partial charge in [0.15, 0.2) is 5.75 Å². The first-order valence-electron chi connectivity index (χ1n) is 9.76. The molecule has 1 aliphatic heterocycles. The van der Waals surface area contributed by atoms with Gasteiger partial charge in [-0.15, -0.1) is 0 Å². The molecule has 0 unspecified atom stereocenters. The Morgan fingerprint density at radius 2 is 1.53 bits per heavy atom. The number of benzene rings is 3. The number of imide groups is 2. The summed E-state index contributed by atoms with van der Waals surface area (Å²) in [6.45, 7) is 0.0964. The Kier molecular flexibility index (Phi) is 6.88. The minimum atomic E-state index is -0.880. The summed E-state index contributed by atoms with van der Waals surface area (Å²) in [5.74, 6) is -1.86. The molecule has 1 fully saturated rings. The fourth-order valence-electron chi connectivity index (χ4n) is 3.19. The number of hydrogen-bond acceptors (Lipinski definition) is 4. The SMILES string of the molecule is O=C1NC(=O)N(c2ccc(Cl)cc2)C(=O)/C1=C/c1cc(Cl)c(OCc2ccc(F)cc2)c(Cl)c1. The molecular formula is C24H14Cl3FN2O4. The number of barbiturate groups is 1. The fraction of sp³-hybridized carbons (Fsp3) is 0.0417. The van der Waals surface area contributed by atoms with Crippen molar-refractivity contribution in [2.24, 2.45) is 0 Å². The zero-order valence-corrected chi connectivity index (χ0v) is 19.4. The Hall–Kier alpha value is -3.39. The van der Waals surface area contributed by atoms with E-state index in [9.17, 15) is 18.8 Å². The van der Waals surface area contributed by atoms with Crippen LogP contribution in [0.3, 0.4) is 0 Å². The molecule has 0 atom stereocenters. The molecule has 1 aliphatic rings. The highest BCUT2D eigenvalue weighted by atomic mass is 35.5. The van der Waals surface area contributed by atoms with Gasteiger partial charge >= 0.3 is 6.03 Å². The number of amides is 4. The number of nitrogens with one attached hydrogen (secondary N) is 1. The smallest absolute Gasteiger partial charge is 0.335 e. The van der Waals surface area contributed by atoms with Gasteiger partial charge in [-0.05, 0) is 65.7 Å². The molecule has 172 valence electrons. The summed E-state index contributed by atoms with van der Waals surface area (Å²) in [6, 6.07) is 13.8. The molecule has 3 aromatic carbocycles. The molecule has 1 saturated heterocycles. The number of ether oxygens (including phenoxy) is 1. The monoisotopic (exact) mass is 518 g/mol. The lowest BCUT2D eigenvalue weighted by Gasteiger charge is -2.26. The van der Waals surface area contributed by atoms with Crippen LogP contribution in [0.25, 0.3) is 6.08 Å². The summed E-state index contributed by atoms with van der Waals surface area (Å²) in [4.78, 5) is 38.5. The van der Waals surface area contributed by atoms with Gasteiger partial charge in [-0.3, -0.25) is 14.9 Å². The molecule has 0 spiro atoms. The second-order valence-corrected chi connectivity index (χ2v) is 8.41. The number of urea groups is 1. The number of carbonyl (C=O) groups excluding carboxylic acids is 3. The molecule has 10 heteroatoms. The van der Waals surface area contributed by atoms with Crippen LogP contribution in [0.15, 0.2) is 66.2 Å². The lowest BCUT2D eigenvalue weighted by Crippen LogP contribution is -2.54. The molecule has 0 radical (unpaired) electrons. The predicted octanol–water partition coefficient (Wildman–Crippen LogP) is 6.03. The third kappa shape index (κ3) is 5.07. The lowest BCUT2D eigenvalue weighted by molar-refractivity contribution is -0.122. The summed E-state index contributed by atoms with van der Waals surface area (Å²) in [5.41, 5.74) is 0.997. The van der Waals surface area contributed by atoms with Crippen molar-refractivity contribution in [2.45, 2.75) is 6.61 Å². The quantitative estimate of drug-likeness (QED) is 0.330. The van der Waals surface area contributed by atoms with Crippen LogP contribution < -0.4 is 15.0 Å². The van der Waals surface area contributed by atoms with E-state index in [2.05, 4.69) is 5.32 Å².